The van der Waals surface area contributed by atoms with Crippen LogP contribution in [0.3, 0.4) is 0 Å². The summed E-state index contributed by atoms with van der Waals surface area (Å²) in [7, 11) is 0. The Morgan fingerprint density at radius 2 is 1.58 bits per heavy atom. The molecule has 0 aliphatic heterocycles. The Morgan fingerprint density at radius 1 is 1.03 bits per heavy atom. The quantitative estimate of drug-likeness (QED) is 0.457. The highest BCUT2D eigenvalue weighted by molar-refractivity contribution is 5.76. The number of carboxylic acids is 1. The zero-order chi connectivity index (χ0) is 23.9. The minimum atomic E-state index is -1.36. The Balaban J connectivity index is 3.22. The van der Waals surface area contributed by atoms with Crippen LogP contribution in [0.25, 0.3) is 0 Å². The van der Waals surface area contributed by atoms with Crippen molar-refractivity contribution in [2.45, 2.75) is 59.1 Å². The maximum Gasteiger partial charge on any atom is 0.508 e. The van der Waals surface area contributed by atoms with Gasteiger partial charge in [0.25, 0.3) is 0 Å². The van der Waals surface area contributed by atoms with Gasteiger partial charge in [0.15, 0.2) is 11.5 Å². The first-order chi connectivity index (χ1) is 14.2. The van der Waals surface area contributed by atoms with E-state index in [1.54, 1.807) is 27.7 Å². The number of carbonyl (C=O) groups is 4. The van der Waals surface area contributed by atoms with E-state index in [2.05, 4.69) is 0 Å². The molecule has 0 spiro atoms. The molecule has 0 fully saturated rings. The van der Waals surface area contributed by atoms with Crippen LogP contribution in [-0.2, 0) is 23.9 Å². The lowest BCUT2D eigenvalue weighted by atomic mass is 9.82. The first-order valence-corrected chi connectivity index (χ1v) is 9.56. The SMILES string of the molecule is CC(=O)Oc1ccc(C(C(C)COC(=O)OC(C)(C)C)[C@H](N)C(=O)O)cc1OC(C)=O. The van der Waals surface area contributed by atoms with Gasteiger partial charge in [-0.25, -0.2) is 4.79 Å². The van der Waals surface area contributed by atoms with Crippen molar-refractivity contribution >= 4 is 24.1 Å². The van der Waals surface area contributed by atoms with Gasteiger partial charge in [0, 0.05) is 19.8 Å². The Hall–Kier alpha value is -3.14. The maximum atomic E-state index is 11.9. The van der Waals surface area contributed by atoms with Crippen LogP contribution in [0, 0.1) is 5.92 Å². The van der Waals surface area contributed by atoms with E-state index < -0.39 is 47.5 Å². The first kappa shape index (κ1) is 25.9. The molecule has 10 heteroatoms. The predicted octanol–water partition coefficient (Wildman–Crippen LogP) is 2.62. The van der Waals surface area contributed by atoms with E-state index in [0.717, 1.165) is 0 Å². The van der Waals surface area contributed by atoms with Gasteiger partial charge in [0.05, 0.1) is 6.61 Å². The van der Waals surface area contributed by atoms with Crippen LogP contribution in [0.1, 0.15) is 53.0 Å². The van der Waals surface area contributed by atoms with Gasteiger partial charge >= 0.3 is 24.1 Å². The van der Waals surface area contributed by atoms with E-state index in [9.17, 15) is 24.3 Å². The van der Waals surface area contributed by atoms with Crippen LogP contribution in [0.4, 0.5) is 4.79 Å². The number of hydrogen-bond acceptors (Lipinski definition) is 9. The Kier molecular flexibility index (Phi) is 8.99. The van der Waals surface area contributed by atoms with Crippen molar-refractivity contribution in [2.75, 3.05) is 6.61 Å². The molecule has 3 N–H and O–H groups in total. The lowest BCUT2D eigenvalue weighted by molar-refractivity contribution is -0.139. The van der Waals surface area contributed by atoms with E-state index in [1.807, 2.05) is 0 Å². The zero-order valence-corrected chi connectivity index (χ0v) is 18.5. The molecule has 0 heterocycles. The summed E-state index contributed by atoms with van der Waals surface area (Å²) in [6.45, 7) is 8.89. The second-order valence-electron chi connectivity index (χ2n) is 8.04. The Morgan fingerprint density at radius 3 is 2.06 bits per heavy atom. The molecule has 3 atom stereocenters. The predicted molar refractivity (Wildman–Crippen MR) is 109 cm³/mol. The fourth-order valence-corrected chi connectivity index (χ4v) is 2.83. The van der Waals surface area contributed by atoms with Crippen molar-refractivity contribution in [2.24, 2.45) is 11.7 Å². The summed E-state index contributed by atoms with van der Waals surface area (Å²) in [6, 6.07) is 2.89. The molecule has 0 amide bonds. The number of hydrogen-bond donors (Lipinski definition) is 2. The van der Waals surface area contributed by atoms with Crippen LogP contribution < -0.4 is 15.2 Å². The number of rotatable bonds is 8. The van der Waals surface area contributed by atoms with Gasteiger partial charge in [0.2, 0.25) is 0 Å². The van der Waals surface area contributed by atoms with Crippen molar-refractivity contribution < 1.29 is 43.2 Å². The van der Waals surface area contributed by atoms with Crippen molar-refractivity contribution in [3.8, 4) is 11.5 Å². The standard InChI is InChI=1S/C21H29NO9/c1-11(10-28-20(27)31-21(4,5)6)17(18(22)19(25)26)14-7-8-15(29-12(2)23)16(9-14)30-13(3)24/h7-9,11,17-18H,10,22H2,1-6H3,(H,25,26)/t11?,17?,18-/m0/s1. The number of nitrogens with two attached hydrogens (primary N) is 1. The normalized spacial score (nSPS) is 14.0. The highest BCUT2D eigenvalue weighted by atomic mass is 16.7. The maximum absolute atomic E-state index is 11.9. The van der Waals surface area contributed by atoms with Crippen molar-refractivity contribution in [3.05, 3.63) is 23.8 Å². The molecule has 1 aromatic carbocycles. The van der Waals surface area contributed by atoms with Crippen LogP contribution >= 0.6 is 0 Å². The van der Waals surface area contributed by atoms with Crippen molar-refractivity contribution in [1.29, 1.82) is 0 Å². The largest absolute Gasteiger partial charge is 0.508 e. The summed E-state index contributed by atoms with van der Waals surface area (Å²) < 4.78 is 20.3. The van der Waals surface area contributed by atoms with E-state index in [-0.39, 0.29) is 18.1 Å². The van der Waals surface area contributed by atoms with Gasteiger partial charge < -0.3 is 29.8 Å². The van der Waals surface area contributed by atoms with E-state index in [4.69, 9.17) is 24.7 Å². The topological polar surface area (TPSA) is 151 Å². The fourth-order valence-electron chi connectivity index (χ4n) is 2.83. The molecule has 0 aliphatic carbocycles. The van der Waals surface area contributed by atoms with Crippen molar-refractivity contribution in [3.63, 3.8) is 0 Å². The molecule has 0 aromatic heterocycles. The minimum Gasteiger partial charge on any atom is -0.480 e. The zero-order valence-electron chi connectivity index (χ0n) is 18.5. The fraction of sp³-hybridized carbons (Fsp3) is 0.524. The second kappa shape index (κ2) is 10.8. The van der Waals surface area contributed by atoms with Gasteiger partial charge in [-0.3, -0.25) is 14.4 Å². The number of aliphatic carboxylic acids is 1. The summed E-state index contributed by atoms with van der Waals surface area (Å²) >= 11 is 0. The average molecular weight is 439 g/mol. The summed E-state index contributed by atoms with van der Waals surface area (Å²) in [4.78, 5) is 46.2. The van der Waals surface area contributed by atoms with Crippen LogP contribution in [0.5, 0.6) is 11.5 Å². The molecule has 2 unspecified atom stereocenters. The lowest BCUT2D eigenvalue weighted by Gasteiger charge is -2.28. The van der Waals surface area contributed by atoms with Crippen LogP contribution in [0.2, 0.25) is 0 Å². The van der Waals surface area contributed by atoms with Gasteiger partial charge in [-0.2, -0.15) is 0 Å². The molecule has 1 aromatic rings. The number of esters is 2. The molecule has 0 aliphatic rings. The molecule has 172 valence electrons. The summed E-state index contributed by atoms with van der Waals surface area (Å²) in [5.74, 6) is -4.02. The Labute approximate surface area is 180 Å². The third-order valence-electron chi connectivity index (χ3n) is 4.00. The number of carboxylic acid groups (broad SMARTS) is 1. The molecule has 0 bridgehead atoms. The van der Waals surface area contributed by atoms with Gasteiger partial charge in [-0.1, -0.05) is 13.0 Å². The van der Waals surface area contributed by atoms with E-state index in [0.29, 0.717) is 5.56 Å². The van der Waals surface area contributed by atoms with Crippen LogP contribution in [0.15, 0.2) is 18.2 Å². The smallest absolute Gasteiger partial charge is 0.480 e. The summed E-state index contributed by atoms with van der Waals surface area (Å²) in [5, 5.41) is 9.47. The Bertz CT molecular complexity index is 829. The van der Waals surface area contributed by atoms with E-state index >= 15 is 0 Å². The van der Waals surface area contributed by atoms with E-state index in [1.165, 1.54) is 32.0 Å². The van der Waals surface area contributed by atoms with Crippen molar-refractivity contribution in [1.82, 2.24) is 0 Å². The second-order valence-corrected chi connectivity index (χ2v) is 8.04. The number of ether oxygens (including phenoxy) is 4. The number of carbonyl (C=O) groups excluding carboxylic acids is 3. The van der Waals surface area contributed by atoms with Gasteiger partial charge in [0.1, 0.15) is 11.6 Å². The highest BCUT2D eigenvalue weighted by Gasteiger charge is 2.33. The third-order valence-corrected chi connectivity index (χ3v) is 4.00. The molecule has 0 saturated carbocycles. The summed E-state index contributed by atoms with van der Waals surface area (Å²) in [5.41, 5.74) is 5.55. The molecular formula is C21H29NO9. The highest BCUT2D eigenvalue weighted by Crippen LogP contribution is 2.35. The summed E-state index contributed by atoms with van der Waals surface area (Å²) in [6.07, 6.45) is -0.896. The third kappa shape index (κ3) is 8.63. The first-order valence-electron chi connectivity index (χ1n) is 9.56. The average Bonchev–Trinajstić information content (AvgIpc) is 2.59. The molecule has 0 saturated heterocycles. The molecular weight excluding hydrogens is 410 g/mol. The lowest BCUT2D eigenvalue weighted by Crippen LogP contribution is -2.41. The van der Waals surface area contributed by atoms with Gasteiger partial charge in [-0.05, 0) is 44.4 Å². The molecule has 0 radical (unpaired) electrons. The minimum absolute atomic E-state index is 0.00763. The van der Waals surface area contributed by atoms with Crippen LogP contribution in [-0.4, -0.2) is 47.4 Å². The number of benzene rings is 1. The molecule has 1 rings (SSSR count). The molecule has 10 nitrogen and oxygen atoms in total. The monoisotopic (exact) mass is 439 g/mol. The molecule has 31 heavy (non-hydrogen) atoms. The van der Waals surface area contributed by atoms with Gasteiger partial charge in [-0.15, -0.1) is 0 Å².